The molecule has 0 radical (unpaired) electrons. The van der Waals surface area contributed by atoms with Gasteiger partial charge in [-0.1, -0.05) is 12.2 Å². The molecule has 0 heterocycles. The molecule has 2 nitrogen and oxygen atoms in total. The van der Waals surface area contributed by atoms with Crippen LogP contribution in [-0.2, 0) is 0 Å². The molecule has 44 valence electrons. The van der Waals surface area contributed by atoms with Crippen molar-refractivity contribution < 1.29 is 5.11 Å². The highest BCUT2D eigenvalue weighted by atomic mass is 16.3. The van der Waals surface area contributed by atoms with Crippen LogP contribution >= 0.6 is 0 Å². The second kappa shape index (κ2) is 2.01. The molecule has 0 amide bonds. The van der Waals surface area contributed by atoms with Gasteiger partial charge in [-0.25, -0.2) is 0 Å². The Morgan fingerprint density at radius 1 is 1.75 bits per heavy atom. The Bertz CT molecular complexity index is 137. The molecule has 0 spiro atoms. The van der Waals surface area contributed by atoms with Crippen molar-refractivity contribution in [3.63, 3.8) is 0 Å². The lowest BCUT2D eigenvalue weighted by molar-refractivity contribution is 0.225. The summed E-state index contributed by atoms with van der Waals surface area (Å²) in [6.45, 7) is 0. The minimum Gasteiger partial charge on any atom is -0.399 e. The Kier molecular flexibility index (Phi) is 1.35. The van der Waals surface area contributed by atoms with Crippen LogP contribution in [0.2, 0.25) is 0 Å². The van der Waals surface area contributed by atoms with Crippen LogP contribution in [0.5, 0.6) is 0 Å². The molecular formula is C6H9NO. The fraction of sp³-hybridized carbons (Fsp3) is 0.333. The lowest BCUT2D eigenvalue weighted by Gasteiger charge is -2.05. The minimum atomic E-state index is -0.317. The van der Waals surface area contributed by atoms with Crippen LogP contribution in [0.15, 0.2) is 23.9 Å². The normalized spacial score (nSPS) is 27.6. The monoisotopic (exact) mass is 111 g/mol. The van der Waals surface area contributed by atoms with Crippen molar-refractivity contribution in [1.29, 1.82) is 0 Å². The summed E-state index contributed by atoms with van der Waals surface area (Å²) >= 11 is 0. The highest BCUT2D eigenvalue weighted by molar-refractivity contribution is 5.20. The summed E-state index contributed by atoms with van der Waals surface area (Å²) in [6, 6.07) is 0. The Morgan fingerprint density at radius 2 is 2.50 bits per heavy atom. The standard InChI is InChI=1S/C6H9NO/c7-5-1-3-6(8)4-2-5/h1-3,6,8H,4,7H2/t6-/m1/s1. The molecule has 0 aromatic rings. The van der Waals surface area contributed by atoms with Gasteiger partial charge >= 0.3 is 0 Å². The molecule has 1 aliphatic rings. The Labute approximate surface area is 48.3 Å². The number of aliphatic hydroxyl groups is 1. The maximum Gasteiger partial charge on any atom is 0.0759 e. The van der Waals surface area contributed by atoms with E-state index in [1.165, 1.54) is 0 Å². The first-order chi connectivity index (χ1) is 3.79. The van der Waals surface area contributed by atoms with Crippen molar-refractivity contribution in [3.05, 3.63) is 23.9 Å². The van der Waals surface area contributed by atoms with E-state index in [1.807, 2.05) is 6.08 Å². The van der Waals surface area contributed by atoms with E-state index in [0.29, 0.717) is 6.42 Å². The van der Waals surface area contributed by atoms with E-state index < -0.39 is 0 Å². The Balaban J connectivity index is 2.58. The zero-order chi connectivity index (χ0) is 5.98. The van der Waals surface area contributed by atoms with Gasteiger partial charge in [0.15, 0.2) is 0 Å². The third-order valence-corrected chi connectivity index (χ3v) is 1.11. The number of rotatable bonds is 0. The van der Waals surface area contributed by atoms with Gasteiger partial charge in [-0.2, -0.15) is 0 Å². The molecule has 0 saturated heterocycles. The van der Waals surface area contributed by atoms with E-state index >= 15 is 0 Å². The molecule has 0 aromatic carbocycles. The molecule has 0 aliphatic heterocycles. The van der Waals surface area contributed by atoms with E-state index in [1.54, 1.807) is 12.2 Å². The zero-order valence-electron chi connectivity index (χ0n) is 4.54. The number of aliphatic hydroxyl groups excluding tert-OH is 1. The summed E-state index contributed by atoms with van der Waals surface area (Å²) in [7, 11) is 0. The Hall–Kier alpha value is -0.760. The zero-order valence-corrected chi connectivity index (χ0v) is 4.54. The maximum atomic E-state index is 8.84. The number of hydrogen-bond donors (Lipinski definition) is 2. The Morgan fingerprint density at radius 3 is 2.88 bits per heavy atom. The first kappa shape index (κ1) is 5.38. The molecule has 0 saturated carbocycles. The van der Waals surface area contributed by atoms with Gasteiger partial charge in [-0.05, 0) is 12.5 Å². The summed E-state index contributed by atoms with van der Waals surface area (Å²) in [4.78, 5) is 0. The smallest absolute Gasteiger partial charge is 0.0759 e. The van der Waals surface area contributed by atoms with Crippen molar-refractivity contribution in [1.82, 2.24) is 0 Å². The van der Waals surface area contributed by atoms with Gasteiger partial charge in [0.1, 0.15) is 0 Å². The van der Waals surface area contributed by atoms with Crippen LogP contribution in [0.25, 0.3) is 0 Å². The molecule has 0 aromatic heterocycles. The number of allylic oxidation sites excluding steroid dienone is 1. The molecule has 1 atom stereocenters. The molecule has 8 heavy (non-hydrogen) atoms. The van der Waals surface area contributed by atoms with Crippen molar-refractivity contribution in [2.75, 3.05) is 0 Å². The molecule has 0 bridgehead atoms. The topological polar surface area (TPSA) is 46.2 Å². The summed E-state index contributed by atoms with van der Waals surface area (Å²) in [5, 5.41) is 8.84. The van der Waals surface area contributed by atoms with Crippen molar-refractivity contribution in [3.8, 4) is 0 Å². The van der Waals surface area contributed by atoms with Crippen LogP contribution in [0.1, 0.15) is 6.42 Å². The largest absolute Gasteiger partial charge is 0.399 e. The molecule has 2 heteroatoms. The van der Waals surface area contributed by atoms with Gasteiger partial charge < -0.3 is 10.8 Å². The molecular weight excluding hydrogens is 102 g/mol. The van der Waals surface area contributed by atoms with Crippen LogP contribution in [0.3, 0.4) is 0 Å². The van der Waals surface area contributed by atoms with Crippen LogP contribution in [0, 0.1) is 0 Å². The van der Waals surface area contributed by atoms with Gasteiger partial charge in [0.25, 0.3) is 0 Å². The van der Waals surface area contributed by atoms with Crippen LogP contribution < -0.4 is 5.73 Å². The SMILES string of the molecule is NC1=CC[C@H](O)C=C1. The third-order valence-electron chi connectivity index (χ3n) is 1.11. The van der Waals surface area contributed by atoms with Gasteiger partial charge in [-0.15, -0.1) is 0 Å². The lowest BCUT2D eigenvalue weighted by Crippen LogP contribution is -2.07. The summed E-state index contributed by atoms with van der Waals surface area (Å²) in [5.74, 6) is 0. The first-order valence-corrected chi connectivity index (χ1v) is 2.61. The summed E-state index contributed by atoms with van der Waals surface area (Å²) in [6.07, 6.45) is 5.55. The molecule has 1 aliphatic carbocycles. The van der Waals surface area contributed by atoms with E-state index in [9.17, 15) is 0 Å². The fourth-order valence-corrected chi connectivity index (χ4v) is 0.626. The van der Waals surface area contributed by atoms with E-state index in [2.05, 4.69) is 0 Å². The summed E-state index contributed by atoms with van der Waals surface area (Å²) < 4.78 is 0. The van der Waals surface area contributed by atoms with Crippen molar-refractivity contribution in [2.24, 2.45) is 5.73 Å². The second-order valence-corrected chi connectivity index (χ2v) is 1.87. The maximum absolute atomic E-state index is 8.84. The van der Waals surface area contributed by atoms with E-state index in [-0.39, 0.29) is 6.10 Å². The molecule has 1 rings (SSSR count). The average Bonchev–Trinajstić information content (AvgIpc) is 1.77. The highest BCUT2D eigenvalue weighted by Crippen LogP contribution is 2.04. The molecule has 0 fully saturated rings. The third kappa shape index (κ3) is 1.10. The van der Waals surface area contributed by atoms with Gasteiger partial charge in [-0.3, -0.25) is 0 Å². The predicted molar refractivity (Wildman–Crippen MR) is 32.0 cm³/mol. The summed E-state index contributed by atoms with van der Waals surface area (Å²) in [5.41, 5.74) is 6.11. The van der Waals surface area contributed by atoms with E-state index in [0.717, 1.165) is 5.70 Å². The van der Waals surface area contributed by atoms with Gasteiger partial charge in [0.05, 0.1) is 6.10 Å². The quantitative estimate of drug-likeness (QED) is 0.467. The minimum absolute atomic E-state index is 0.317. The average molecular weight is 111 g/mol. The molecule has 0 unspecified atom stereocenters. The highest BCUT2D eigenvalue weighted by Gasteiger charge is 1.99. The second-order valence-electron chi connectivity index (χ2n) is 1.87. The fourth-order valence-electron chi connectivity index (χ4n) is 0.626. The lowest BCUT2D eigenvalue weighted by atomic mass is 10.1. The predicted octanol–water partition coefficient (Wildman–Crippen LogP) is 0.150. The molecule has 3 N–H and O–H groups in total. The number of hydrogen-bond acceptors (Lipinski definition) is 2. The van der Waals surface area contributed by atoms with Crippen LogP contribution in [0.4, 0.5) is 0 Å². The van der Waals surface area contributed by atoms with Gasteiger partial charge in [0, 0.05) is 5.70 Å². The van der Waals surface area contributed by atoms with Crippen molar-refractivity contribution in [2.45, 2.75) is 12.5 Å². The first-order valence-electron chi connectivity index (χ1n) is 2.61. The van der Waals surface area contributed by atoms with Gasteiger partial charge in [0.2, 0.25) is 0 Å². The van der Waals surface area contributed by atoms with Crippen molar-refractivity contribution >= 4 is 0 Å². The van der Waals surface area contributed by atoms with E-state index in [4.69, 9.17) is 10.8 Å². The number of nitrogens with two attached hydrogens (primary N) is 1. The van der Waals surface area contributed by atoms with Crippen LogP contribution in [-0.4, -0.2) is 11.2 Å².